The molecule has 1 saturated heterocycles. The minimum Gasteiger partial charge on any atom is -0.296 e. The van der Waals surface area contributed by atoms with Crippen molar-refractivity contribution in [1.29, 1.82) is 0 Å². The molecule has 1 atom stereocenters. The van der Waals surface area contributed by atoms with Crippen LogP contribution >= 0.6 is 22.7 Å². The number of nitrogens with zero attached hydrogens (tertiary/aromatic N) is 4. The van der Waals surface area contributed by atoms with Gasteiger partial charge in [0, 0.05) is 17.8 Å². The zero-order valence-electron chi connectivity index (χ0n) is 12.9. The van der Waals surface area contributed by atoms with Crippen molar-refractivity contribution in [3.8, 4) is 0 Å². The molecular weight excluding hydrogens is 300 g/mol. The lowest BCUT2D eigenvalue weighted by molar-refractivity contribution is 0.199. The number of hydrogen-bond donors (Lipinski definition) is 0. The predicted octanol–water partition coefficient (Wildman–Crippen LogP) is 3.81. The van der Waals surface area contributed by atoms with Crippen molar-refractivity contribution in [3.63, 3.8) is 0 Å². The lowest BCUT2D eigenvalue weighted by atomic mass is 9.98. The fourth-order valence-electron chi connectivity index (χ4n) is 2.75. The van der Waals surface area contributed by atoms with E-state index in [1.165, 1.54) is 23.5 Å². The van der Waals surface area contributed by atoms with Crippen LogP contribution in [-0.4, -0.2) is 33.2 Å². The van der Waals surface area contributed by atoms with Gasteiger partial charge in [0.25, 0.3) is 0 Å². The number of likely N-dealkylation sites (tertiary alicyclic amines) is 1. The van der Waals surface area contributed by atoms with Gasteiger partial charge in [-0.25, -0.2) is 4.98 Å². The van der Waals surface area contributed by atoms with Crippen LogP contribution in [0, 0.1) is 6.92 Å². The second-order valence-corrected chi connectivity index (χ2v) is 8.21. The molecule has 0 spiro atoms. The van der Waals surface area contributed by atoms with Gasteiger partial charge < -0.3 is 0 Å². The van der Waals surface area contributed by atoms with E-state index in [0.717, 1.165) is 29.6 Å². The van der Waals surface area contributed by atoms with Gasteiger partial charge in [-0.3, -0.25) is 4.90 Å². The Morgan fingerprint density at radius 1 is 1.38 bits per heavy atom. The Hall–Kier alpha value is -0.850. The quantitative estimate of drug-likeness (QED) is 0.858. The molecule has 0 saturated carbocycles. The summed E-state index contributed by atoms with van der Waals surface area (Å²) in [5.41, 5.74) is 1.24. The summed E-state index contributed by atoms with van der Waals surface area (Å²) in [5.74, 6) is 1.12. The molecule has 3 heterocycles. The second kappa shape index (κ2) is 6.50. The third-order valence-corrected chi connectivity index (χ3v) is 5.76. The van der Waals surface area contributed by atoms with Gasteiger partial charge in [0.15, 0.2) is 0 Å². The smallest absolute Gasteiger partial charge is 0.131 e. The van der Waals surface area contributed by atoms with Crippen molar-refractivity contribution in [3.05, 3.63) is 26.1 Å². The van der Waals surface area contributed by atoms with Crippen LogP contribution in [-0.2, 0) is 6.54 Å². The van der Waals surface area contributed by atoms with E-state index < -0.39 is 0 Å². The molecule has 1 aliphatic rings. The van der Waals surface area contributed by atoms with Crippen LogP contribution < -0.4 is 0 Å². The minimum atomic E-state index is 0.527. The Morgan fingerprint density at radius 3 is 2.90 bits per heavy atom. The highest BCUT2D eigenvalue weighted by Crippen LogP contribution is 2.31. The molecule has 0 aromatic carbocycles. The summed E-state index contributed by atoms with van der Waals surface area (Å²) in [4.78, 5) is 7.35. The number of piperidine rings is 1. The summed E-state index contributed by atoms with van der Waals surface area (Å²) in [7, 11) is 0. The van der Waals surface area contributed by atoms with E-state index >= 15 is 0 Å². The molecule has 3 rings (SSSR count). The van der Waals surface area contributed by atoms with Crippen molar-refractivity contribution >= 4 is 22.7 Å². The van der Waals surface area contributed by atoms with E-state index in [2.05, 4.69) is 34.3 Å². The van der Waals surface area contributed by atoms with E-state index in [4.69, 9.17) is 4.98 Å². The Labute approximate surface area is 134 Å². The van der Waals surface area contributed by atoms with Gasteiger partial charge in [0.05, 0.1) is 17.2 Å². The molecule has 0 radical (unpaired) electrons. The van der Waals surface area contributed by atoms with Gasteiger partial charge in [-0.05, 0) is 32.2 Å². The maximum atomic E-state index is 4.85. The highest BCUT2D eigenvalue weighted by molar-refractivity contribution is 7.11. The third kappa shape index (κ3) is 3.67. The first-order valence-electron chi connectivity index (χ1n) is 7.58. The first-order chi connectivity index (χ1) is 10.1. The lowest BCUT2D eigenvalue weighted by Gasteiger charge is -2.30. The van der Waals surface area contributed by atoms with E-state index in [9.17, 15) is 0 Å². The fourth-order valence-corrected chi connectivity index (χ4v) is 4.61. The Bertz CT molecular complexity index is 590. The molecule has 0 bridgehead atoms. The van der Waals surface area contributed by atoms with Gasteiger partial charge in [0.2, 0.25) is 0 Å². The molecule has 2 aromatic rings. The van der Waals surface area contributed by atoms with Crippen molar-refractivity contribution in [1.82, 2.24) is 20.1 Å². The molecule has 0 aliphatic carbocycles. The Balaban J connectivity index is 1.64. The topological polar surface area (TPSA) is 41.9 Å². The summed E-state index contributed by atoms with van der Waals surface area (Å²) >= 11 is 3.54. The third-order valence-electron chi connectivity index (χ3n) is 3.91. The van der Waals surface area contributed by atoms with Gasteiger partial charge in [-0.2, -0.15) is 0 Å². The van der Waals surface area contributed by atoms with Crippen molar-refractivity contribution in [2.75, 3.05) is 13.1 Å². The molecule has 6 heteroatoms. The molecule has 1 aliphatic heterocycles. The molecule has 0 amide bonds. The monoisotopic (exact) mass is 322 g/mol. The molecule has 4 nitrogen and oxygen atoms in total. The van der Waals surface area contributed by atoms with Crippen LogP contribution in [0.25, 0.3) is 0 Å². The average Bonchev–Trinajstić information content (AvgIpc) is 3.08. The maximum absolute atomic E-state index is 4.85. The van der Waals surface area contributed by atoms with Gasteiger partial charge >= 0.3 is 0 Å². The molecular formula is C15H22N4S2. The largest absolute Gasteiger partial charge is 0.296 e. The number of thiazole rings is 1. The van der Waals surface area contributed by atoms with Crippen LogP contribution in [0.2, 0.25) is 0 Å². The molecule has 1 fully saturated rings. The van der Waals surface area contributed by atoms with E-state index in [0.29, 0.717) is 11.8 Å². The molecule has 114 valence electrons. The van der Waals surface area contributed by atoms with Crippen LogP contribution in [0.15, 0.2) is 5.38 Å². The Kier molecular flexibility index (Phi) is 4.66. The zero-order chi connectivity index (χ0) is 14.8. The standard InChI is InChI=1S/C15H22N4S2/c1-10(2)13-9-20-15(16-13)12-5-4-6-19(7-12)8-14-18-17-11(3)21-14/h9-10,12H,4-8H2,1-3H3/t12-/m1/s1. The van der Waals surface area contributed by atoms with Gasteiger partial charge in [0.1, 0.15) is 10.0 Å². The summed E-state index contributed by atoms with van der Waals surface area (Å²) in [5, 5.41) is 14.1. The highest BCUT2D eigenvalue weighted by atomic mass is 32.1. The first-order valence-corrected chi connectivity index (χ1v) is 9.28. The van der Waals surface area contributed by atoms with Crippen LogP contribution in [0.3, 0.4) is 0 Å². The Morgan fingerprint density at radius 2 is 2.24 bits per heavy atom. The summed E-state index contributed by atoms with van der Waals surface area (Å²) < 4.78 is 0. The van der Waals surface area contributed by atoms with E-state index in [1.807, 2.05) is 18.3 Å². The highest BCUT2D eigenvalue weighted by Gasteiger charge is 2.24. The SMILES string of the molecule is Cc1nnc(CN2CCC[C@@H](c3nc(C(C)C)cs3)C2)s1. The van der Waals surface area contributed by atoms with Crippen LogP contribution in [0.4, 0.5) is 0 Å². The number of aryl methyl sites for hydroxylation is 1. The molecule has 2 aromatic heterocycles. The van der Waals surface area contributed by atoms with Crippen LogP contribution in [0.1, 0.15) is 59.2 Å². The molecule has 21 heavy (non-hydrogen) atoms. The normalized spacial score (nSPS) is 20.3. The summed E-state index contributed by atoms with van der Waals surface area (Å²) in [6, 6.07) is 0. The van der Waals surface area contributed by atoms with E-state index in [1.54, 1.807) is 11.3 Å². The fraction of sp³-hybridized carbons (Fsp3) is 0.667. The predicted molar refractivity (Wildman–Crippen MR) is 88.1 cm³/mol. The number of aromatic nitrogens is 3. The number of rotatable bonds is 4. The van der Waals surface area contributed by atoms with Gasteiger partial charge in [-0.15, -0.1) is 32.9 Å². The van der Waals surface area contributed by atoms with Crippen LogP contribution in [0.5, 0.6) is 0 Å². The maximum Gasteiger partial charge on any atom is 0.131 e. The summed E-state index contributed by atoms with van der Waals surface area (Å²) in [6.07, 6.45) is 2.51. The van der Waals surface area contributed by atoms with Gasteiger partial charge in [-0.1, -0.05) is 13.8 Å². The van der Waals surface area contributed by atoms with E-state index in [-0.39, 0.29) is 0 Å². The van der Waals surface area contributed by atoms with Crippen molar-refractivity contribution in [2.45, 2.75) is 52.0 Å². The average molecular weight is 323 g/mol. The zero-order valence-corrected chi connectivity index (χ0v) is 14.5. The van der Waals surface area contributed by atoms with Crippen molar-refractivity contribution < 1.29 is 0 Å². The summed E-state index contributed by atoms with van der Waals surface area (Å²) in [6.45, 7) is 9.64. The number of hydrogen-bond acceptors (Lipinski definition) is 6. The first kappa shape index (κ1) is 15.1. The second-order valence-electron chi connectivity index (χ2n) is 6.05. The van der Waals surface area contributed by atoms with Crippen molar-refractivity contribution in [2.24, 2.45) is 0 Å². The molecule has 0 unspecified atom stereocenters. The lowest BCUT2D eigenvalue weighted by Crippen LogP contribution is -2.33. The molecule has 0 N–H and O–H groups in total. The minimum absolute atomic E-state index is 0.527.